The van der Waals surface area contributed by atoms with E-state index in [9.17, 15) is 13.2 Å². The van der Waals surface area contributed by atoms with E-state index in [0.717, 1.165) is 13.0 Å². The third kappa shape index (κ3) is 6.14. The molecule has 0 bridgehead atoms. The van der Waals surface area contributed by atoms with Crippen molar-refractivity contribution in [3.63, 3.8) is 0 Å². The van der Waals surface area contributed by atoms with Gasteiger partial charge >= 0.3 is 0 Å². The van der Waals surface area contributed by atoms with Crippen LogP contribution in [0.25, 0.3) is 0 Å². The van der Waals surface area contributed by atoms with E-state index in [1.165, 1.54) is 6.26 Å². The maximum Gasteiger partial charge on any atom is 0.208 e. The van der Waals surface area contributed by atoms with Crippen LogP contribution in [-0.4, -0.2) is 51.0 Å². The van der Waals surface area contributed by atoms with Gasteiger partial charge in [0.2, 0.25) is 10.0 Å². The first-order chi connectivity index (χ1) is 7.76. The molecule has 5 nitrogen and oxygen atoms in total. The van der Waals surface area contributed by atoms with Crippen LogP contribution in [-0.2, 0) is 14.8 Å². The third-order valence-electron chi connectivity index (χ3n) is 2.72. The first-order valence-electron chi connectivity index (χ1n) is 5.97. The van der Waals surface area contributed by atoms with Crippen LogP contribution in [0, 0.1) is 5.92 Å². The number of hydrogen-bond donors (Lipinski definition) is 1. The Morgan fingerprint density at radius 2 is 2.06 bits per heavy atom. The van der Waals surface area contributed by atoms with Gasteiger partial charge in [-0.2, -0.15) is 0 Å². The average Bonchev–Trinajstić information content (AvgIpc) is 2.46. The lowest BCUT2D eigenvalue weighted by Gasteiger charge is -2.24. The predicted molar refractivity (Wildman–Crippen MR) is 67.3 cm³/mol. The van der Waals surface area contributed by atoms with Crippen LogP contribution in [0.3, 0.4) is 0 Å². The molecule has 100 valence electrons. The molecule has 0 aliphatic carbocycles. The molecule has 1 saturated heterocycles. The zero-order valence-electron chi connectivity index (χ0n) is 10.8. The van der Waals surface area contributed by atoms with Crippen molar-refractivity contribution < 1.29 is 13.2 Å². The van der Waals surface area contributed by atoms with Crippen molar-refractivity contribution in [2.45, 2.75) is 32.7 Å². The molecule has 6 heteroatoms. The Morgan fingerprint density at radius 3 is 2.47 bits per heavy atom. The van der Waals surface area contributed by atoms with E-state index in [1.54, 1.807) is 0 Å². The molecule has 0 aromatic heterocycles. The molecule has 0 saturated carbocycles. The van der Waals surface area contributed by atoms with E-state index < -0.39 is 10.0 Å². The Hall–Kier alpha value is -0.460. The summed E-state index contributed by atoms with van der Waals surface area (Å²) in [5.74, 6) is 0.667. The third-order valence-corrected chi connectivity index (χ3v) is 3.48. The highest BCUT2D eigenvalue weighted by atomic mass is 32.2. The molecule has 0 radical (unpaired) electrons. The van der Waals surface area contributed by atoms with Crippen molar-refractivity contribution in [3.8, 4) is 0 Å². The summed E-state index contributed by atoms with van der Waals surface area (Å²) in [6.07, 6.45) is 2.56. The molecule has 1 aliphatic heterocycles. The van der Waals surface area contributed by atoms with Crippen LogP contribution in [0.2, 0.25) is 0 Å². The smallest absolute Gasteiger partial charge is 0.208 e. The molecule has 1 fully saturated rings. The molecule has 1 aliphatic rings. The number of nitrogens with zero attached hydrogens (tertiary/aromatic N) is 1. The second kappa shape index (κ2) is 5.93. The van der Waals surface area contributed by atoms with E-state index in [-0.39, 0.29) is 11.8 Å². The largest absolute Gasteiger partial charge is 0.298 e. The van der Waals surface area contributed by atoms with Crippen LogP contribution < -0.4 is 4.72 Å². The fraction of sp³-hybridized carbons (Fsp3) is 0.909. The molecule has 0 spiro atoms. The number of Topliss-reactive ketones (excluding diaryl/α,β-unsaturated/α-hetero) is 1. The summed E-state index contributed by atoms with van der Waals surface area (Å²) in [6.45, 7) is 5.95. The van der Waals surface area contributed by atoms with E-state index in [2.05, 4.69) is 18.6 Å². The van der Waals surface area contributed by atoms with Gasteiger partial charge in [-0.05, 0) is 12.3 Å². The lowest BCUT2D eigenvalue weighted by atomic mass is 10.0. The molecule has 1 atom stereocenters. The van der Waals surface area contributed by atoms with Gasteiger partial charge in [0.05, 0.1) is 12.8 Å². The number of rotatable bonds is 6. The van der Waals surface area contributed by atoms with E-state index >= 15 is 0 Å². The molecule has 1 N–H and O–H groups in total. The quantitative estimate of drug-likeness (QED) is 0.744. The number of carbonyl (C=O) groups excluding carboxylic acids is 1. The van der Waals surface area contributed by atoms with Gasteiger partial charge in [0.25, 0.3) is 0 Å². The lowest BCUT2D eigenvalue weighted by molar-refractivity contribution is -0.116. The first-order valence-corrected chi connectivity index (χ1v) is 7.87. The summed E-state index contributed by atoms with van der Waals surface area (Å²) in [7, 11) is -3.19. The van der Waals surface area contributed by atoms with Crippen LogP contribution in [0.5, 0.6) is 0 Å². The molecule has 1 heterocycles. The molecule has 0 unspecified atom stereocenters. The number of likely N-dealkylation sites (tertiary alicyclic amines) is 1. The van der Waals surface area contributed by atoms with Crippen molar-refractivity contribution >= 4 is 15.8 Å². The van der Waals surface area contributed by atoms with Gasteiger partial charge in [-0.25, -0.2) is 13.1 Å². The number of sulfonamides is 1. The number of carbonyl (C=O) groups is 1. The molecular weight excluding hydrogens is 240 g/mol. The summed E-state index contributed by atoms with van der Waals surface area (Å²) in [5, 5.41) is 0. The Labute approximate surface area is 104 Å². The van der Waals surface area contributed by atoms with Crippen LogP contribution in [0.15, 0.2) is 0 Å². The van der Waals surface area contributed by atoms with E-state index in [4.69, 9.17) is 0 Å². The lowest BCUT2D eigenvalue weighted by Crippen LogP contribution is -2.43. The Kier molecular flexibility index (Phi) is 5.09. The minimum Gasteiger partial charge on any atom is -0.298 e. The maximum atomic E-state index is 11.3. The average molecular weight is 262 g/mol. The van der Waals surface area contributed by atoms with Crippen LogP contribution >= 0.6 is 0 Å². The summed E-state index contributed by atoms with van der Waals surface area (Å²) >= 11 is 0. The zero-order valence-corrected chi connectivity index (χ0v) is 11.6. The fourth-order valence-corrected chi connectivity index (χ4v) is 2.97. The van der Waals surface area contributed by atoms with Gasteiger partial charge in [0, 0.05) is 25.6 Å². The second-order valence-corrected chi connectivity index (χ2v) is 7.02. The molecule has 0 aromatic carbocycles. The Morgan fingerprint density at radius 1 is 1.41 bits per heavy atom. The predicted octanol–water partition coefficient (Wildman–Crippen LogP) is 0.225. The van der Waals surface area contributed by atoms with Crippen molar-refractivity contribution in [2.24, 2.45) is 5.92 Å². The van der Waals surface area contributed by atoms with Gasteiger partial charge < -0.3 is 0 Å². The first kappa shape index (κ1) is 14.6. The normalized spacial score (nSPS) is 20.1. The molecular formula is C11H22N2O3S. The van der Waals surface area contributed by atoms with Crippen molar-refractivity contribution in [1.29, 1.82) is 0 Å². The van der Waals surface area contributed by atoms with Gasteiger partial charge in [-0.1, -0.05) is 13.8 Å². The topological polar surface area (TPSA) is 66.5 Å². The summed E-state index contributed by atoms with van der Waals surface area (Å²) < 4.78 is 25.2. The van der Waals surface area contributed by atoms with E-state index in [0.29, 0.717) is 25.4 Å². The number of nitrogens with one attached hydrogen (secondary N) is 1. The highest BCUT2D eigenvalue weighted by Gasteiger charge is 2.24. The highest BCUT2D eigenvalue weighted by Crippen LogP contribution is 2.11. The summed E-state index contributed by atoms with van der Waals surface area (Å²) in [5.41, 5.74) is 0. The standard InChI is InChI=1S/C11H22N2O3S/c1-9(2)6-10(12-17(3,15)16)7-13-5-4-11(14)8-13/h9-10,12H,4-8H2,1-3H3/t10-/m0/s1. The van der Waals surface area contributed by atoms with Crippen molar-refractivity contribution in [2.75, 3.05) is 25.9 Å². The maximum absolute atomic E-state index is 11.3. The zero-order chi connectivity index (χ0) is 13.1. The highest BCUT2D eigenvalue weighted by molar-refractivity contribution is 7.88. The SMILES string of the molecule is CC(C)C[C@@H](CN1CCC(=O)C1)NS(C)(=O)=O. The Balaban J connectivity index is 2.54. The minimum atomic E-state index is -3.19. The minimum absolute atomic E-state index is 0.101. The number of hydrogen-bond acceptors (Lipinski definition) is 4. The van der Waals surface area contributed by atoms with E-state index in [1.807, 2.05) is 4.90 Å². The molecule has 17 heavy (non-hydrogen) atoms. The molecule has 0 aromatic rings. The summed E-state index contributed by atoms with van der Waals surface area (Å²) in [6, 6.07) is -0.101. The summed E-state index contributed by atoms with van der Waals surface area (Å²) in [4.78, 5) is 13.2. The van der Waals surface area contributed by atoms with Crippen molar-refractivity contribution in [3.05, 3.63) is 0 Å². The van der Waals surface area contributed by atoms with Crippen LogP contribution in [0.1, 0.15) is 26.7 Å². The van der Waals surface area contributed by atoms with Crippen LogP contribution in [0.4, 0.5) is 0 Å². The van der Waals surface area contributed by atoms with Crippen molar-refractivity contribution in [1.82, 2.24) is 9.62 Å². The van der Waals surface area contributed by atoms with Gasteiger partial charge in [0.1, 0.15) is 5.78 Å². The second-order valence-electron chi connectivity index (χ2n) is 5.24. The number of ketones is 1. The molecule has 1 rings (SSSR count). The molecule has 0 amide bonds. The Bertz CT molecular complexity index is 365. The van der Waals surface area contributed by atoms with Gasteiger partial charge in [-0.3, -0.25) is 9.69 Å². The fourth-order valence-electron chi connectivity index (χ4n) is 2.19. The van der Waals surface area contributed by atoms with Gasteiger partial charge in [0.15, 0.2) is 0 Å². The van der Waals surface area contributed by atoms with Gasteiger partial charge in [-0.15, -0.1) is 0 Å². The monoisotopic (exact) mass is 262 g/mol.